The fraction of sp³-hybridized carbons (Fsp3) is 0.286. The minimum absolute atomic E-state index is 0. The number of benzene rings is 2. The zero-order valence-electron chi connectivity index (χ0n) is 16.5. The number of halogens is 2. The molecule has 9 heteroatoms. The van der Waals surface area contributed by atoms with Crippen molar-refractivity contribution >= 4 is 41.5 Å². The summed E-state index contributed by atoms with van der Waals surface area (Å²) in [6.45, 7) is 3.71. The minimum atomic E-state index is 0. The van der Waals surface area contributed by atoms with Crippen LogP contribution in [0.3, 0.4) is 0 Å². The lowest BCUT2D eigenvalue weighted by molar-refractivity contribution is 0.261. The third-order valence-corrected chi connectivity index (χ3v) is 4.77. The molecule has 0 bridgehead atoms. The van der Waals surface area contributed by atoms with E-state index in [-0.39, 0.29) is 36.6 Å². The van der Waals surface area contributed by atoms with Crippen LogP contribution in [0.15, 0.2) is 58.0 Å². The molecule has 0 saturated carbocycles. The molecule has 0 aliphatic carbocycles. The van der Waals surface area contributed by atoms with Gasteiger partial charge in [-0.3, -0.25) is 0 Å². The molecule has 2 N–H and O–H groups in total. The van der Waals surface area contributed by atoms with Crippen LogP contribution in [0.4, 0.5) is 0 Å². The lowest BCUT2D eigenvalue weighted by atomic mass is 10.0. The van der Waals surface area contributed by atoms with Gasteiger partial charge in [0, 0.05) is 29.1 Å². The highest BCUT2D eigenvalue weighted by Gasteiger charge is 2.22. The second-order valence-corrected chi connectivity index (χ2v) is 7.03. The lowest BCUT2D eigenvalue weighted by Crippen LogP contribution is -2.41. The quantitative estimate of drug-likeness (QED) is 0.280. The highest BCUT2D eigenvalue weighted by Crippen LogP contribution is 2.31. The number of nitrogens with one attached hydrogen (secondary N) is 2. The van der Waals surface area contributed by atoms with Gasteiger partial charge in [-0.05, 0) is 25.1 Å². The van der Waals surface area contributed by atoms with Crippen LogP contribution in [0.1, 0.15) is 30.8 Å². The first-order valence-electron chi connectivity index (χ1n) is 9.58. The highest BCUT2D eigenvalue weighted by atomic mass is 127. The lowest BCUT2D eigenvalue weighted by Gasteiger charge is -2.28. The Kier molecular flexibility index (Phi) is 7.92. The number of guanidine groups is 1. The molecule has 30 heavy (non-hydrogen) atoms. The molecule has 1 atom stereocenters. The molecule has 3 aromatic rings. The molecule has 2 aromatic carbocycles. The second kappa shape index (κ2) is 10.6. The summed E-state index contributed by atoms with van der Waals surface area (Å²) in [4.78, 5) is 9.02. The first-order valence-corrected chi connectivity index (χ1v) is 9.96. The number of aromatic nitrogens is 2. The Morgan fingerprint density at radius 3 is 2.93 bits per heavy atom. The molecule has 1 aliphatic heterocycles. The van der Waals surface area contributed by atoms with Crippen LogP contribution in [-0.4, -0.2) is 29.3 Å². The van der Waals surface area contributed by atoms with E-state index in [0.717, 1.165) is 29.8 Å². The fourth-order valence-electron chi connectivity index (χ4n) is 3.19. The van der Waals surface area contributed by atoms with Gasteiger partial charge in [0.15, 0.2) is 5.96 Å². The van der Waals surface area contributed by atoms with Gasteiger partial charge in [0.1, 0.15) is 12.3 Å². The van der Waals surface area contributed by atoms with Gasteiger partial charge in [0.05, 0.1) is 12.6 Å². The van der Waals surface area contributed by atoms with E-state index in [9.17, 15) is 0 Å². The Bertz CT molecular complexity index is 1010. The summed E-state index contributed by atoms with van der Waals surface area (Å²) in [6.07, 6.45) is 0.862. The summed E-state index contributed by atoms with van der Waals surface area (Å²) < 4.78 is 11.1. The van der Waals surface area contributed by atoms with Crippen molar-refractivity contribution < 1.29 is 9.26 Å². The van der Waals surface area contributed by atoms with Gasteiger partial charge >= 0.3 is 0 Å². The van der Waals surface area contributed by atoms with Gasteiger partial charge in [0.25, 0.3) is 0 Å². The van der Waals surface area contributed by atoms with Crippen LogP contribution < -0.4 is 15.4 Å². The predicted molar refractivity (Wildman–Crippen MR) is 127 cm³/mol. The standard InChI is InChI=1S/C21H22ClN5O2.HI/c1-2-23-21(25-17-10-11-28-18-9-4-3-8-16(17)18)24-13-19-26-20(27-29-19)14-6-5-7-15(22)12-14;/h3-9,12,17H,2,10-11,13H2,1H3,(H2,23,24,25);1H. The Labute approximate surface area is 197 Å². The summed E-state index contributed by atoms with van der Waals surface area (Å²) in [7, 11) is 0. The molecule has 4 rings (SSSR count). The molecule has 0 radical (unpaired) electrons. The van der Waals surface area contributed by atoms with Crippen molar-refractivity contribution in [1.29, 1.82) is 0 Å². The number of rotatable bonds is 5. The van der Waals surface area contributed by atoms with Crippen molar-refractivity contribution in [2.24, 2.45) is 4.99 Å². The molecule has 0 amide bonds. The largest absolute Gasteiger partial charge is 0.493 e. The first kappa shape index (κ1) is 22.4. The van der Waals surface area contributed by atoms with Gasteiger partial charge in [0.2, 0.25) is 11.7 Å². The van der Waals surface area contributed by atoms with Crippen molar-refractivity contribution in [3.63, 3.8) is 0 Å². The van der Waals surface area contributed by atoms with E-state index in [0.29, 0.717) is 29.3 Å². The normalized spacial score (nSPS) is 15.5. The van der Waals surface area contributed by atoms with Crippen molar-refractivity contribution in [2.45, 2.75) is 25.9 Å². The summed E-state index contributed by atoms with van der Waals surface area (Å²) in [5, 5.41) is 11.4. The predicted octanol–water partition coefficient (Wildman–Crippen LogP) is 4.59. The molecule has 0 fully saturated rings. The Morgan fingerprint density at radius 2 is 2.10 bits per heavy atom. The van der Waals surface area contributed by atoms with Gasteiger partial charge in [-0.2, -0.15) is 4.98 Å². The number of fused-ring (bicyclic) bond motifs is 1. The van der Waals surface area contributed by atoms with Crippen molar-refractivity contribution in [1.82, 2.24) is 20.8 Å². The summed E-state index contributed by atoms with van der Waals surface area (Å²) in [5.41, 5.74) is 1.94. The maximum Gasteiger partial charge on any atom is 0.248 e. The van der Waals surface area contributed by atoms with E-state index in [4.69, 9.17) is 20.9 Å². The fourth-order valence-corrected chi connectivity index (χ4v) is 3.38. The van der Waals surface area contributed by atoms with Crippen LogP contribution >= 0.6 is 35.6 Å². The third kappa shape index (κ3) is 5.42. The smallest absolute Gasteiger partial charge is 0.248 e. The van der Waals surface area contributed by atoms with E-state index in [2.05, 4.69) is 31.8 Å². The van der Waals surface area contributed by atoms with E-state index in [1.54, 1.807) is 12.1 Å². The van der Waals surface area contributed by atoms with E-state index in [1.165, 1.54) is 0 Å². The number of hydrogen-bond donors (Lipinski definition) is 2. The van der Waals surface area contributed by atoms with E-state index >= 15 is 0 Å². The molecular weight excluding hydrogens is 517 g/mol. The third-order valence-electron chi connectivity index (χ3n) is 4.54. The Balaban J connectivity index is 0.00000256. The molecule has 1 unspecified atom stereocenters. The van der Waals surface area contributed by atoms with Crippen LogP contribution in [0, 0.1) is 0 Å². The summed E-state index contributed by atoms with van der Waals surface area (Å²) in [6, 6.07) is 15.5. The number of nitrogens with zero attached hydrogens (tertiary/aromatic N) is 3. The number of aliphatic imine (C=N–C) groups is 1. The van der Waals surface area contributed by atoms with Crippen LogP contribution in [-0.2, 0) is 6.54 Å². The number of hydrogen-bond acceptors (Lipinski definition) is 5. The summed E-state index contributed by atoms with van der Waals surface area (Å²) >= 11 is 6.03. The highest BCUT2D eigenvalue weighted by molar-refractivity contribution is 14.0. The second-order valence-electron chi connectivity index (χ2n) is 6.59. The minimum Gasteiger partial charge on any atom is -0.493 e. The molecule has 0 saturated heterocycles. The summed E-state index contributed by atoms with van der Waals surface area (Å²) in [5.74, 6) is 2.53. The van der Waals surface area contributed by atoms with Gasteiger partial charge in [-0.25, -0.2) is 4.99 Å². The zero-order chi connectivity index (χ0) is 20.1. The van der Waals surface area contributed by atoms with Gasteiger partial charge < -0.3 is 19.9 Å². The average molecular weight is 540 g/mol. The molecule has 158 valence electrons. The Hall–Kier alpha value is -2.33. The van der Waals surface area contributed by atoms with Crippen LogP contribution in [0.5, 0.6) is 5.75 Å². The van der Waals surface area contributed by atoms with Gasteiger partial charge in [-0.15, -0.1) is 24.0 Å². The molecule has 1 aliphatic rings. The monoisotopic (exact) mass is 539 g/mol. The first-order chi connectivity index (χ1) is 14.2. The van der Waals surface area contributed by atoms with E-state index in [1.807, 2.05) is 37.3 Å². The molecule has 0 spiro atoms. The van der Waals surface area contributed by atoms with Crippen LogP contribution in [0.2, 0.25) is 5.02 Å². The number of ether oxygens (including phenoxy) is 1. The maximum absolute atomic E-state index is 6.03. The topological polar surface area (TPSA) is 84.6 Å². The maximum atomic E-state index is 6.03. The van der Waals surface area contributed by atoms with E-state index < -0.39 is 0 Å². The zero-order valence-corrected chi connectivity index (χ0v) is 19.6. The van der Waals surface area contributed by atoms with Crippen LogP contribution in [0.25, 0.3) is 11.4 Å². The molecule has 1 aromatic heterocycles. The average Bonchev–Trinajstić information content (AvgIpc) is 3.22. The number of para-hydroxylation sites is 1. The van der Waals surface area contributed by atoms with Crippen molar-refractivity contribution in [3.8, 4) is 17.1 Å². The van der Waals surface area contributed by atoms with Gasteiger partial charge in [-0.1, -0.05) is 47.1 Å². The van der Waals surface area contributed by atoms with Crippen molar-refractivity contribution in [3.05, 3.63) is 65.0 Å². The molecule has 2 heterocycles. The SMILES string of the molecule is CCNC(=NCc1nc(-c2cccc(Cl)c2)no1)NC1CCOc2ccccc21.I. The molecular formula is C21H23ClIN5O2. The molecule has 7 nitrogen and oxygen atoms in total. The van der Waals surface area contributed by atoms with Crippen molar-refractivity contribution in [2.75, 3.05) is 13.2 Å². The Morgan fingerprint density at radius 1 is 1.23 bits per heavy atom.